The second-order valence-electron chi connectivity index (χ2n) is 8.54. The van der Waals surface area contributed by atoms with Crippen LogP contribution in [0.15, 0.2) is 45.7 Å². The number of piperazine rings is 1. The summed E-state index contributed by atoms with van der Waals surface area (Å²) in [5, 5.41) is 3.12. The van der Waals surface area contributed by atoms with Gasteiger partial charge in [0.25, 0.3) is 5.56 Å². The Balaban J connectivity index is 1.49. The number of likely N-dealkylation sites (N-methyl/N-ethyl adjacent to an activating group) is 1. The van der Waals surface area contributed by atoms with Crippen molar-refractivity contribution in [1.82, 2.24) is 19.4 Å². The topological polar surface area (TPSA) is 58.4 Å². The summed E-state index contributed by atoms with van der Waals surface area (Å²) in [7, 11) is 0. The molecule has 1 atom stereocenters. The highest BCUT2D eigenvalue weighted by Gasteiger charge is 2.30. The maximum Gasteiger partial charge on any atom is 0.267 e. The second-order valence-corrected chi connectivity index (χ2v) is 10.7. The van der Waals surface area contributed by atoms with Crippen LogP contribution in [0.3, 0.4) is 0 Å². The molecule has 2 aromatic heterocycles. The van der Waals surface area contributed by atoms with Crippen molar-refractivity contribution in [2.75, 3.05) is 32.7 Å². The molecule has 0 bridgehead atoms. The zero-order valence-corrected chi connectivity index (χ0v) is 20.1. The number of hydrogen-bond donors (Lipinski definition) is 0. The Bertz CT molecular complexity index is 1180. The minimum Gasteiger partial charge on any atom is -0.339 e. The van der Waals surface area contributed by atoms with Gasteiger partial charge in [-0.25, -0.2) is 4.98 Å². The van der Waals surface area contributed by atoms with E-state index in [1.165, 1.54) is 11.8 Å². The van der Waals surface area contributed by atoms with Gasteiger partial charge in [-0.15, -0.1) is 11.3 Å². The first-order valence-corrected chi connectivity index (χ1v) is 13.1. The lowest BCUT2D eigenvalue weighted by Crippen LogP contribution is -2.50. The van der Waals surface area contributed by atoms with E-state index < -0.39 is 0 Å². The molecule has 6 nitrogen and oxygen atoms in total. The zero-order chi connectivity index (χ0) is 22.2. The number of nitrogens with zero attached hydrogens (tertiary/aromatic N) is 4. The predicted octanol–water partition coefficient (Wildman–Crippen LogP) is 3.97. The van der Waals surface area contributed by atoms with Crippen molar-refractivity contribution >= 4 is 39.2 Å². The summed E-state index contributed by atoms with van der Waals surface area (Å²) in [6.45, 7) is 8.43. The van der Waals surface area contributed by atoms with Gasteiger partial charge in [0.2, 0.25) is 5.91 Å². The number of fused-ring (bicyclic) bond motifs is 1. The average Bonchev–Trinajstić information content (AvgIpc) is 3.58. The molecule has 8 heteroatoms. The quantitative estimate of drug-likeness (QED) is 0.405. The Morgan fingerprint density at radius 3 is 2.56 bits per heavy atom. The van der Waals surface area contributed by atoms with Gasteiger partial charge in [-0.2, -0.15) is 0 Å². The molecule has 3 heterocycles. The van der Waals surface area contributed by atoms with Crippen LogP contribution in [0, 0.1) is 0 Å². The molecule has 0 spiro atoms. The fourth-order valence-corrected chi connectivity index (χ4v) is 6.39. The van der Waals surface area contributed by atoms with Gasteiger partial charge in [-0.1, -0.05) is 36.9 Å². The molecule has 1 unspecified atom stereocenters. The van der Waals surface area contributed by atoms with E-state index in [2.05, 4.69) is 17.2 Å². The number of hydrogen-bond acceptors (Lipinski definition) is 6. The van der Waals surface area contributed by atoms with Crippen molar-refractivity contribution < 1.29 is 4.79 Å². The van der Waals surface area contributed by atoms with Crippen LogP contribution in [0.5, 0.6) is 0 Å². The van der Waals surface area contributed by atoms with E-state index >= 15 is 0 Å². The Morgan fingerprint density at radius 1 is 1.19 bits per heavy atom. The summed E-state index contributed by atoms with van der Waals surface area (Å²) in [4.78, 5) is 36.9. The summed E-state index contributed by atoms with van der Waals surface area (Å²) < 4.78 is 1.70. The van der Waals surface area contributed by atoms with Crippen molar-refractivity contribution in [1.29, 1.82) is 0 Å². The zero-order valence-electron chi connectivity index (χ0n) is 18.5. The normalized spacial score (nSPS) is 18.2. The molecular formula is C24H28N4O2S2. The molecule has 1 amide bonds. The summed E-state index contributed by atoms with van der Waals surface area (Å²) in [5.41, 5.74) is 1.91. The van der Waals surface area contributed by atoms with Crippen LogP contribution >= 0.6 is 23.1 Å². The lowest BCUT2D eigenvalue weighted by molar-refractivity contribution is -0.132. The number of para-hydroxylation sites is 1. The van der Waals surface area contributed by atoms with Gasteiger partial charge in [0.1, 0.15) is 4.83 Å². The number of benzene rings is 1. The third-order valence-corrected chi connectivity index (χ3v) is 8.33. The molecule has 5 rings (SSSR count). The minimum atomic E-state index is -0.314. The molecule has 1 saturated heterocycles. The molecule has 168 valence electrons. The third kappa shape index (κ3) is 4.11. The van der Waals surface area contributed by atoms with Crippen LogP contribution in [0.2, 0.25) is 0 Å². The van der Waals surface area contributed by atoms with Gasteiger partial charge < -0.3 is 9.80 Å². The lowest BCUT2D eigenvalue weighted by Gasteiger charge is -2.35. The molecule has 3 aromatic rings. The smallest absolute Gasteiger partial charge is 0.267 e. The molecule has 1 aliphatic heterocycles. The van der Waals surface area contributed by atoms with Gasteiger partial charge in [0.15, 0.2) is 5.16 Å². The number of amides is 1. The first kappa shape index (κ1) is 21.7. The molecule has 2 fully saturated rings. The first-order chi connectivity index (χ1) is 15.6. The largest absolute Gasteiger partial charge is 0.339 e. The Morgan fingerprint density at radius 2 is 1.91 bits per heavy atom. The molecule has 32 heavy (non-hydrogen) atoms. The van der Waals surface area contributed by atoms with Gasteiger partial charge in [-0.3, -0.25) is 14.2 Å². The highest BCUT2D eigenvalue weighted by Crippen LogP contribution is 2.44. The van der Waals surface area contributed by atoms with E-state index in [1.807, 2.05) is 42.2 Å². The van der Waals surface area contributed by atoms with Crippen LogP contribution in [0.4, 0.5) is 0 Å². The highest BCUT2D eigenvalue weighted by atomic mass is 32.2. The number of thiophene rings is 1. The molecule has 0 radical (unpaired) electrons. The van der Waals surface area contributed by atoms with Crippen LogP contribution in [-0.4, -0.2) is 63.2 Å². The van der Waals surface area contributed by atoms with Crippen LogP contribution in [0.25, 0.3) is 15.9 Å². The van der Waals surface area contributed by atoms with Gasteiger partial charge in [0, 0.05) is 26.2 Å². The summed E-state index contributed by atoms with van der Waals surface area (Å²) in [5.74, 6) is 0.604. The van der Waals surface area contributed by atoms with Gasteiger partial charge >= 0.3 is 0 Å². The molecule has 2 aliphatic rings. The lowest BCUT2D eigenvalue weighted by atomic mass is 10.1. The fraction of sp³-hybridized carbons (Fsp3) is 0.458. The molecular weight excluding hydrogens is 440 g/mol. The SMILES string of the molecule is CCN1CCN(C(=O)C(C)Sc2nc3scc(C4CC4)c3c(=O)n2-c2ccccc2)CC1. The third-order valence-electron chi connectivity index (χ3n) is 6.40. The number of rotatable bonds is 6. The van der Waals surface area contributed by atoms with Crippen molar-refractivity contribution in [2.24, 2.45) is 0 Å². The maximum atomic E-state index is 13.7. The van der Waals surface area contributed by atoms with E-state index in [9.17, 15) is 9.59 Å². The van der Waals surface area contributed by atoms with E-state index in [4.69, 9.17) is 4.98 Å². The molecule has 1 aromatic carbocycles. The van der Waals surface area contributed by atoms with Crippen molar-refractivity contribution in [3.63, 3.8) is 0 Å². The summed E-state index contributed by atoms with van der Waals surface area (Å²) in [6.07, 6.45) is 2.29. The molecule has 1 aliphatic carbocycles. The van der Waals surface area contributed by atoms with E-state index in [-0.39, 0.29) is 16.7 Å². The van der Waals surface area contributed by atoms with Gasteiger partial charge in [-0.05, 0) is 55.3 Å². The number of carbonyl (C=O) groups excluding carboxylic acids is 1. The standard InChI is InChI=1S/C24H28N4O2S2/c1-3-26-11-13-27(14-12-26)22(29)16(2)32-24-25-21-20(19(15-31-21)17-9-10-17)23(30)28(24)18-7-5-4-6-8-18/h4-8,15-17H,3,9-14H2,1-2H3. The van der Waals surface area contributed by atoms with E-state index in [0.717, 1.165) is 67.0 Å². The van der Waals surface area contributed by atoms with Crippen molar-refractivity contribution in [3.05, 3.63) is 51.6 Å². The minimum absolute atomic E-state index is 0.0249. The van der Waals surface area contributed by atoms with Crippen molar-refractivity contribution in [3.8, 4) is 5.69 Å². The van der Waals surface area contributed by atoms with Gasteiger partial charge in [0.05, 0.1) is 16.3 Å². The van der Waals surface area contributed by atoms with E-state index in [0.29, 0.717) is 11.1 Å². The van der Waals surface area contributed by atoms with Crippen LogP contribution in [0.1, 0.15) is 38.2 Å². The maximum absolute atomic E-state index is 13.7. The second kappa shape index (κ2) is 9.00. The van der Waals surface area contributed by atoms with Crippen molar-refractivity contribution in [2.45, 2.75) is 43.0 Å². The first-order valence-electron chi connectivity index (χ1n) is 11.3. The fourth-order valence-electron chi connectivity index (χ4n) is 4.32. The average molecular weight is 469 g/mol. The van der Waals surface area contributed by atoms with E-state index in [1.54, 1.807) is 15.9 Å². The Labute approximate surface area is 196 Å². The summed E-state index contributed by atoms with van der Waals surface area (Å²) >= 11 is 2.93. The Hall–Kier alpha value is -2.16. The number of thioether (sulfide) groups is 1. The van der Waals surface area contributed by atoms with Crippen LogP contribution in [-0.2, 0) is 4.79 Å². The molecule has 0 N–H and O–H groups in total. The molecule has 1 saturated carbocycles. The van der Waals surface area contributed by atoms with Crippen LogP contribution < -0.4 is 5.56 Å². The number of aromatic nitrogens is 2. The Kier molecular flexibility index (Phi) is 6.09. The predicted molar refractivity (Wildman–Crippen MR) is 131 cm³/mol. The number of carbonyl (C=O) groups is 1. The summed E-state index contributed by atoms with van der Waals surface area (Å²) in [6, 6.07) is 9.65. The monoisotopic (exact) mass is 468 g/mol. The highest BCUT2D eigenvalue weighted by molar-refractivity contribution is 8.00.